The van der Waals surface area contributed by atoms with Crippen molar-refractivity contribution in [2.24, 2.45) is 0 Å². The molecule has 2 nitrogen and oxygen atoms in total. The Morgan fingerprint density at radius 1 is 1.47 bits per heavy atom. The second kappa shape index (κ2) is 6.18. The molecule has 0 bridgehead atoms. The van der Waals surface area contributed by atoms with Crippen molar-refractivity contribution in [2.45, 2.75) is 18.7 Å². The Bertz CT molecular complexity index is 352. The molecule has 0 fully saturated rings. The minimum atomic E-state index is -0.881. The van der Waals surface area contributed by atoms with Crippen LogP contribution in [0.3, 0.4) is 0 Å². The lowest BCUT2D eigenvalue weighted by Gasteiger charge is -2.06. The number of hydrogen-bond donors (Lipinski definition) is 1. The molecule has 0 heterocycles. The van der Waals surface area contributed by atoms with Gasteiger partial charge in [-0.25, -0.2) is 0 Å². The predicted octanol–water partition coefficient (Wildman–Crippen LogP) is 2.44. The van der Waals surface area contributed by atoms with Crippen LogP contribution in [0.4, 0.5) is 5.69 Å². The highest BCUT2D eigenvalue weighted by Gasteiger charge is 2.06. The summed E-state index contributed by atoms with van der Waals surface area (Å²) >= 11 is 1.82. The molecule has 1 aromatic carbocycles. The summed E-state index contributed by atoms with van der Waals surface area (Å²) in [5, 5.41) is 0. The van der Waals surface area contributed by atoms with Gasteiger partial charge in [-0.05, 0) is 36.4 Å². The Labute approximate surface area is 98.1 Å². The zero-order chi connectivity index (χ0) is 11.3. The summed E-state index contributed by atoms with van der Waals surface area (Å²) in [6, 6.07) is 5.56. The molecule has 1 atom stereocenters. The Balaban J connectivity index is 2.65. The topological polar surface area (TPSA) is 43.1 Å². The monoisotopic (exact) mass is 243 g/mol. The maximum Gasteiger partial charge on any atom is 0.0540 e. The first-order valence-electron chi connectivity index (χ1n) is 4.97. The molecule has 0 radical (unpaired) electrons. The summed E-state index contributed by atoms with van der Waals surface area (Å²) in [6.45, 7) is 4.07. The van der Waals surface area contributed by atoms with Crippen LogP contribution in [0.25, 0.3) is 0 Å². The minimum Gasteiger partial charge on any atom is -0.399 e. The van der Waals surface area contributed by atoms with Crippen LogP contribution in [0.2, 0.25) is 0 Å². The average molecular weight is 243 g/mol. The predicted molar refractivity (Wildman–Crippen MR) is 69.9 cm³/mol. The van der Waals surface area contributed by atoms with Crippen molar-refractivity contribution < 1.29 is 4.21 Å². The molecule has 15 heavy (non-hydrogen) atoms. The molecule has 0 aromatic heterocycles. The molecule has 0 saturated carbocycles. The van der Waals surface area contributed by atoms with E-state index < -0.39 is 10.8 Å². The molecule has 84 valence electrons. The van der Waals surface area contributed by atoms with E-state index in [1.54, 1.807) is 0 Å². The van der Waals surface area contributed by atoms with E-state index in [-0.39, 0.29) is 0 Å². The zero-order valence-electron chi connectivity index (χ0n) is 9.16. The SMILES string of the molecule is CCSCCS(=O)c1ccc(N)cc1C. The van der Waals surface area contributed by atoms with Gasteiger partial charge in [-0.2, -0.15) is 11.8 Å². The van der Waals surface area contributed by atoms with Gasteiger partial charge in [-0.1, -0.05) is 6.92 Å². The van der Waals surface area contributed by atoms with Gasteiger partial charge in [0.05, 0.1) is 10.8 Å². The van der Waals surface area contributed by atoms with Crippen LogP contribution in [0.1, 0.15) is 12.5 Å². The first-order chi connectivity index (χ1) is 7.15. The quantitative estimate of drug-likeness (QED) is 0.638. The fourth-order valence-electron chi connectivity index (χ4n) is 1.32. The van der Waals surface area contributed by atoms with Crippen LogP contribution < -0.4 is 5.73 Å². The second-order valence-electron chi connectivity index (χ2n) is 3.27. The molecule has 0 spiro atoms. The number of nitrogens with two attached hydrogens (primary N) is 1. The molecule has 1 unspecified atom stereocenters. The molecule has 0 saturated heterocycles. The van der Waals surface area contributed by atoms with Crippen molar-refractivity contribution in [3.05, 3.63) is 23.8 Å². The summed E-state index contributed by atoms with van der Waals surface area (Å²) in [7, 11) is -0.881. The van der Waals surface area contributed by atoms with Crippen molar-refractivity contribution in [3.8, 4) is 0 Å². The van der Waals surface area contributed by atoms with Gasteiger partial charge in [0.2, 0.25) is 0 Å². The molecule has 0 aliphatic carbocycles. The third kappa shape index (κ3) is 3.87. The van der Waals surface area contributed by atoms with Crippen molar-refractivity contribution in [3.63, 3.8) is 0 Å². The standard InChI is InChI=1S/C11H17NOS2/c1-3-14-6-7-15(13)11-5-4-10(12)8-9(11)2/h4-5,8H,3,6-7,12H2,1-2H3. The molecule has 2 N–H and O–H groups in total. The fraction of sp³-hybridized carbons (Fsp3) is 0.455. The van der Waals surface area contributed by atoms with E-state index in [1.165, 1.54) is 0 Å². The highest BCUT2D eigenvalue weighted by molar-refractivity contribution is 8.00. The molecule has 4 heteroatoms. The summed E-state index contributed by atoms with van der Waals surface area (Å²) in [5.74, 6) is 2.76. The van der Waals surface area contributed by atoms with Crippen LogP contribution in [0.5, 0.6) is 0 Å². The van der Waals surface area contributed by atoms with Crippen LogP contribution in [0.15, 0.2) is 23.1 Å². The normalized spacial score (nSPS) is 12.7. The van der Waals surface area contributed by atoms with E-state index in [9.17, 15) is 4.21 Å². The number of rotatable bonds is 5. The van der Waals surface area contributed by atoms with Crippen molar-refractivity contribution in [2.75, 3.05) is 23.0 Å². The smallest absolute Gasteiger partial charge is 0.0540 e. The first-order valence-corrected chi connectivity index (χ1v) is 7.44. The van der Waals surface area contributed by atoms with Crippen LogP contribution in [0, 0.1) is 6.92 Å². The number of thioether (sulfide) groups is 1. The van der Waals surface area contributed by atoms with Gasteiger partial charge in [0.15, 0.2) is 0 Å². The van der Waals surface area contributed by atoms with Gasteiger partial charge in [-0.15, -0.1) is 0 Å². The molecule has 0 aliphatic heterocycles. The molecule has 1 aromatic rings. The average Bonchev–Trinajstić information content (AvgIpc) is 2.17. The third-order valence-corrected chi connectivity index (χ3v) is 4.74. The van der Waals surface area contributed by atoms with Gasteiger partial charge in [-0.3, -0.25) is 4.21 Å². The summed E-state index contributed by atoms with van der Waals surface area (Å²) in [6.07, 6.45) is 0. The van der Waals surface area contributed by atoms with Crippen molar-refractivity contribution in [1.29, 1.82) is 0 Å². The lowest BCUT2D eigenvalue weighted by Crippen LogP contribution is -2.03. The van der Waals surface area contributed by atoms with E-state index in [0.717, 1.165) is 33.4 Å². The first kappa shape index (κ1) is 12.6. The minimum absolute atomic E-state index is 0.725. The van der Waals surface area contributed by atoms with Gasteiger partial charge in [0.25, 0.3) is 0 Å². The van der Waals surface area contributed by atoms with Crippen molar-refractivity contribution >= 4 is 28.2 Å². The third-order valence-electron chi connectivity index (χ3n) is 2.06. The lowest BCUT2D eigenvalue weighted by atomic mass is 10.2. The maximum atomic E-state index is 11.9. The lowest BCUT2D eigenvalue weighted by molar-refractivity contribution is 0.683. The Kier molecular flexibility index (Phi) is 5.19. The highest BCUT2D eigenvalue weighted by atomic mass is 32.2. The number of benzene rings is 1. The molecular formula is C11H17NOS2. The molecule has 0 aliphatic rings. The van der Waals surface area contributed by atoms with Crippen LogP contribution in [-0.2, 0) is 10.8 Å². The summed E-state index contributed by atoms with van der Waals surface area (Å²) in [5.41, 5.74) is 7.40. The molecular weight excluding hydrogens is 226 g/mol. The number of hydrogen-bond acceptors (Lipinski definition) is 3. The Morgan fingerprint density at radius 3 is 2.80 bits per heavy atom. The van der Waals surface area contributed by atoms with Crippen LogP contribution in [-0.4, -0.2) is 21.5 Å². The van der Waals surface area contributed by atoms with Gasteiger partial charge in [0.1, 0.15) is 0 Å². The van der Waals surface area contributed by atoms with E-state index in [2.05, 4.69) is 6.92 Å². The van der Waals surface area contributed by atoms with Gasteiger partial charge >= 0.3 is 0 Å². The van der Waals surface area contributed by atoms with E-state index in [1.807, 2.05) is 36.9 Å². The maximum absolute atomic E-state index is 11.9. The van der Waals surface area contributed by atoms with Gasteiger partial charge < -0.3 is 5.73 Å². The molecule has 1 rings (SSSR count). The Hall–Kier alpha value is -0.480. The largest absolute Gasteiger partial charge is 0.399 e. The second-order valence-corrected chi connectivity index (χ2v) is 6.20. The fourth-order valence-corrected chi connectivity index (χ4v) is 3.54. The van der Waals surface area contributed by atoms with E-state index in [0.29, 0.717) is 0 Å². The summed E-state index contributed by atoms with van der Waals surface area (Å²) < 4.78 is 11.9. The van der Waals surface area contributed by atoms with Gasteiger partial charge in [0, 0.05) is 22.1 Å². The molecule has 0 amide bonds. The zero-order valence-corrected chi connectivity index (χ0v) is 10.8. The number of nitrogen functional groups attached to an aromatic ring is 1. The van der Waals surface area contributed by atoms with Crippen molar-refractivity contribution in [1.82, 2.24) is 0 Å². The summed E-state index contributed by atoms with van der Waals surface area (Å²) in [4.78, 5) is 0.918. The number of aryl methyl sites for hydroxylation is 1. The van der Waals surface area contributed by atoms with E-state index in [4.69, 9.17) is 5.73 Å². The number of anilines is 1. The van der Waals surface area contributed by atoms with E-state index >= 15 is 0 Å². The Morgan fingerprint density at radius 2 is 2.20 bits per heavy atom. The van der Waals surface area contributed by atoms with Crippen LogP contribution >= 0.6 is 11.8 Å². The highest BCUT2D eigenvalue weighted by Crippen LogP contribution is 2.17.